The van der Waals surface area contributed by atoms with Gasteiger partial charge in [-0.1, -0.05) is 36.8 Å². The van der Waals surface area contributed by atoms with E-state index in [2.05, 4.69) is 40.8 Å². The Labute approximate surface area is 165 Å². The van der Waals surface area contributed by atoms with Crippen molar-refractivity contribution >= 4 is 21.4 Å². The first-order valence-electron chi connectivity index (χ1n) is 9.33. The van der Waals surface area contributed by atoms with Crippen LogP contribution >= 0.6 is 0 Å². The van der Waals surface area contributed by atoms with Gasteiger partial charge in [0.05, 0.1) is 9.82 Å². The van der Waals surface area contributed by atoms with E-state index in [0.717, 1.165) is 18.9 Å². The molecular formula is C20H25N3O4S. The van der Waals surface area contributed by atoms with E-state index in [-0.39, 0.29) is 22.5 Å². The fourth-order valence-corrected chi connectivity index (χ4v) is 4.79. The second-order valence-electron chi connectivity index (χ2n) is 7.09. The number of rotatable bonds is 6. The number of aryl methyl sites for hydroxylation is 1. The number of nitrogens with zero attached hydrogens (tertiary/aromatic N) is 2. The van der Waals surface area contributed by atoms with Gasteiger partial charge in [-0.2, -0.15) is 0 Å². The molecule has 0 amide bonds. The van der Waals surface area contributed by atoms with Crippen LogP contribution in [0.15, 0.2) is 47.4 Å². The number of sulfonamides is 1. The molecule has 1 aliphatic heterocycles. The minimum absolute atomic E-state index is 0.104. The van der Waals surface area contributed by atoms with Gasteiger partial charge in [0.15, 0.2) is 0 Å². The summed E-state index contributed by atoms with van der Waals surface area (Å²) < 4.78 is 26.3. The van der Waals surface area contributed by atoms with Crippen LogP contribution in [0.25, 0.3) is 0 Å². The molecule has 1 aliphatic rings. The van der Waals surface area contributed by atoms with Gasteiger partial charge in [0.2, 0.25) is 10.0 Å². The fourth-order valence-electron chi connectivity index (χ4n) is 4.04. The Morgan fingerprint density at radius 1 is 1.21 bits per heavy atom. The number of nitro benzene ring substituents is 1. The van der Waals surface area contributed by atoms with Gasteiger partial charge < -0.3 is 4.90 Å². The molecule has 3 rings (SSSR count). The van der Waals surface area contributed by atoms with Crippen LogP contribution in [-0.2, 0) is 10.0 Å². The van der Waals surface area contributed by atoms with Crippen LogP contribution in [-0.4, -0.2) is 33.0 Å². The normalized spacial score (nSPS) is 19.8. The van der Waals surface area contributed by atoms with E-state index < -0.39 is 14.9 Å². The van der Waals surface area contributed by atoms with E-state index in [4.69, 9.17) is 0 Å². The van der Waals surface area contributed by atoms with Crippen LogP contribution in [0, 0.1) is 17.0 Å². The molecule has 0 saturated carbocycles. The van der Waals surface area contributed by atoms with E-state index in [0.29, 0.717) is 12.2 Å². The minimum atomic E-state index is -3.74. The highest BCUT2D eigenvalue weighted by atomic mass is 32.2. The van der Waals surface area contributed by atoms with Crippen LogP contribution in [0.3, 0.4) is 0 Å². The summed E-state index contributed by atoms with van der Waals surface area (Å²) in [4.78, 5) is 13.1. The van der Waals surface area contributed by atoms with E-state index in [9.17, 15) is 18.5 Å². The van der Waals surface area contributed by atoms with Gasteiger partial charge in [0.1, 0.15) is 5.69 Å². The molecule has 8 heteroatoms. The molecule has 2 aromatic rings. The zero-order chi connectivity index (χ0) is 20.5. The number of hydrogen-bond acceptors (Lipinski definition) is 5. The largest absolute Gasteiger partial charge is 0.362 e. The maximum atomic E-state index is 12.0. The third-order valence-electron chi connectivity index (χ3n) is 5.50. The van der Waals surface area contributed by atoms with Crippen molar-refractivity contribution < 1.29 is 13.3 Å². The Hall–Kier alpha value is -2.45. The van der Waals surface area contributed by atoms with Crippen molar-refractivity contribution in [3.8, 4) is 0 Å². The summed E-state index contributed by atoms with van der Waals surface area (Å²) in [6.07, 6.45) is 1.74. The van der Waals surface area contributed by atoms with Crippen LogP contribution < -0.4 is 9.62 Å². The smallest absolute Gasteiger partial charge is 0.293 e. The fraction of sp³-hybridized carbons (Fsp3) is 0.400. The van der Waals surface area contributed by atoms with Gasteiger partial charge in [0.25, 0.3) is 5.69 Å². The van der Waals surface area contributed by atoms with Crippen LogP contribution in [0.2, 0.25) is 0 Å². The van der Waals surface area contributed by atoms with Gasteiger partial charge in [-0.15, -0.1) is 0 Å². The molecule has 7 nitrogen and oxygen atoms in total. The third-order valence-corrected chi connectivity index (χ3v) is 6.91. The molecule has 0 aromatic heterocycles. The molecule has 0 unspecified atom stereocenters. The summed E-state index contributed by atoms with van der Waals surface area (Å²) in [5, 5.41) is 11.7. The van der Waals surface area contributed by atoms with Crippen molar-refractivity contribution in [1.29, 1.82) is 0 Å². The zero-order valence-corrected chi connectivity index (χ0v) is 17.1. The minimum Gasteiger partial charge on any atom is -0.362 e. The summed E-state index contributed by atoms with van der Waals surface area (Å²) in [7, 11) is -2.46. The van der Waals surface area contributed by atoms with E-state index in [1.807, 2.05) is 6.92 Å². The molecule has 1 fully saturated rings. The quantitative estimate of drug-likeness (QED) is 0.588. The molecular weight excluding hydrogens is 378 g/mol. The summed E-state index contributed by atoms with van der Waals surface area (Å²) in [5.74, 6) is 0.283. The van der Waals surface area contributed by atoms with Crippen molar-refractivity contribution in [2.75, 3.05) is 18.5 Å². The van der Waals surface area contributed by atoms with E-state index in [1.54, 1.807) is 6.07 Å². The second kappa shape index (κ2) is 7.89. The molecule has 0 bridgehead atoms. The molecule has 1 saturated heterocycles. The highest BCUT2D eigenvalue weighted by Gasteiger charge is 2.37. The van der Waals surface area contributed by atoms with E-state index in [1.165, 1.54) is 24.2 Å². The maximum absolute atomic E-state index is 12.0. The molecule has 0 aliphatic carbocycles. The number of benzene rings is 2. The van der Waals surface area contributed by atoms with Crippen molar-refractivity contribution in [2.45, 2.75) is 43.5 Å². The molecule has 0 radical (unpaired) electrons. The van der Waals surface area contributed by atoms with Crippen molar-refractivity contribution in [2.24, 2.45) is 0 Å². The molecule has 2 aromatic carbocycles. The summed E-state index contributed by atoms with van der Waals surface area (Å²) in [6.45, 7) is 4.82. The second-order valence-corrected chi connectivity index (χ2v) is 8.98. The predicted molar refractivity (Wildman–Crippen MR) is 109 cm³/mol. The molecule has 1 heterocycles. The molecule has 1 N–H and O–H groups in total. The lowest BCUT2D eigenvalue weighted by molar-refractivity contribution is -0.384. The first-order valence-corrected chi connectivity index (χ1v) is 10.8. The molecule has 28 heavy (non-hydrogen) atoms. The average Bonchev–Trinajstić information content (AvgIpc) is 3.11. The van der Waals surface area contributed by atoms with Gasteiger partial charge in [-0.25, -0.2) is 13.1 Å². The van der Waals surface area contributed by atoms with Gasteiger partial charge >= 0.3 is 0 Å². The van der Waals surface area contributed by atoms with Crippen molar-refractivity contribution in [3.63, 3.8) is 0 Å². The first kappa shape index (κ1) is 20.3. The molecule has 2 atom stereocenters. The lowest BCUT2D eigenvalue weighted by Gasteiger charge is -2.29. The lowest BCUT2D eigenvalue weighted by atomic mass is 9.90. The Bertz CT molecular complexity index is 973. The maximum Gasteiger partial charge on any atom is 0.293 e. The van der Waals surface area contributed by atoms with Crippen molar-refractivity contribution in [1.82, 2.24) is 4.72 Å². The standard InChI is InChI=1S/C20H25N3O4S/c1-4-18-17(15-7-5-14(2)6-8-15)11-12-22(18)19-10-9-16(28(26,27)21-3)13-20(19)23(24)25/h5-10,13,17-18,21H,4,11-12H2,1-3H3/t17-,18+/m0/s1. The number of nitro groups is 1. The highest BCUT2D eigenvalue weighted by Crippen LogP contribution is 2.42. The molecule has 0 spiro atoms. The Morgan fingerprint density at radius 2 is 1.89 bits per heavy atom. The Balaban J connectivity index is 2.00. The number of anilines is 1. The summed E-state index contributed by atoms with van der Waals surface area (Å²) in [6, 6.07) is 12.7. The van der Waals surface area contributed by atoms with E-state index >= 15 is 0 Å². The average molecular weight is 404 g/mol. The van der Waals surface area contributed by atoms with Crippen molar-refractivity contribution in [3.05, 3.63) is 63.7 Å². The van der Waals surface area contributed by atoms with Crippen LogP contribution in [0.4, 0.5) is 11.4 Å². The monoisotopic (exact) mass is 403 g/mol. The van der Waals surface area contributed by atoms with Crippen LogP contribution in [0.5, 0.6) is 0 Å². The lowest BCUT2D eigenvalue weighted by Crippen LogP contribution is -2.32. The zero-order valence-electron chi connectivity index (χ0n) is 16.3. The third kappa shape index (κ3) is 3.74. The van der Waals surface area contributed by atoms with Gasteiger partial charge in [-0.3, -0.25) is 10.1 Å². The summed E-state index contributed by atoms with van der Waals surface area (Å²) >= 11 is 0. The number of hydrogen-bond donors (Lipinski definition) is 1. The first-order chi connectivity index (χ1) is 13.3. The summed E-state index contributed by atoms with van der Waals surface area (Å²) in [5.41, 5.74) is 2.72. The van der Waals surface area contributed by atoms with Gasteiger partial charge in [-0.05, 0) is 44.5 Å². The SMILES string of the molecule is CC[C@@H]1[C@H](c2ccc(C)cc2)CCN1c1ccc(S(=O)(=O)NC)cc1[N+](=O)[O-]. The van der Waals surface area contributed by atoms with Crippen LogP contribution in [0.1, 0.15) is 36.8 Å². The Kier molecular flexibility index (Phi) is 5.71. The Morgan fingerprint density at radius 3 is 2.46 bits per heavy atom. The predicted octanol–water partition coefficient (Wildman–Crippen LogP) is 3.58. The highest BCUT2D eigenvalue weighted by molar-refractivity contribution is 7.89. The topological polar surface area (TPSA) is 92.6 Å². The molecule has 150 valence electrons. The number of nitrogens with one attached hydrogen (secondary N) is 1. The van der Waals surface area contributed by atoms with Gasteiger partial charge in [0, 0.05) is 24.6 Å².